The lowest BCUT2D eigenvalue weighted by Gasteiger charge is -2.22. The van der Waals surface area contributed by atoms with Crippen LogP contribution in [0.4, 0.5) is 0 Å². The second kappa shape index (κ2) is 8.27. The summed E-state index contributed by atoms with van der Waals surface area (Å²) in [5.74, 6) is 2.65. The molecule has 1 aliphatic heterocycles. The second-order valence-electron chi connectivity index (χ2n) is 5.13. The number of carbonyl (C=O) groups excluding carboxylic acids is 1. The van der Waals surface area contributed by atoms with Gasteiger partial charge in [-0.15, -0.1) is 23.5 Å². The second-order valence-corrected chi connectivity index (χ2v) is 7.85. The molecule has 0 spiro atoms. The lowest BCUT2D eigenvalue weighted by atomic mass is 10.2. The Morgan fingerprint density at radius 3 is 2.48 bits per heavy atom. The maximum atomic E-state index is 12.1. The zero-order valence-electron chi connectivity index (χ0n) is 12.7. The average Bonchev–Trinajstić information content (AvgIpc) is 2.62. The van der Waals surface area contributed by atoms with Crippen LogP contribution in [0.15, 0.2) is 60.7 Å². The van der Waals surface area contributed by atoms with Gasteiger partial charge in [0.05, 0.1) is 4.58 Å². The molecule has 118 valence electrons. The summed E-state index contributed by atoms with van der Waals surface area (Å²) in [6.45, 7) is 0. The molecule has 0 aliphatic carbocycles. The van der Waals surface area contributed by atoms with E-state index in [9.17, 15) is 4.79 Å². The molecule has 4 heteroatoms. The number of carbonyl (C=O) groups is 1. The number of thioether (sulfide) groups is 2. The van der Waals surface area contributed by atoms with Crippen LogP contribution < -0.4 is 4.74 Å². The number of rotatable bonds is 4. The highest BCUT2D eigenvalue weighted by atomic mass is 32.2. The van der Waals surface area contributed by atoms with Crippen molar-refractivity contribution in [3.05, 3.63) is 71.8 Å². The summed E-state index contributed by atoms with van der Waals surface area (Å²) in [5, 5.41) is 0. The van der Waals surface area contributed by atoms with E-state index in [0.29, 0.717) is 10.3 Å². The number of benzene rings is 2. The van der Waals surface area contributed by atoms with Crippen molar-refractivity contribution < 1.29 is 9.53 Å². The largest absolute Gasteiger partial charge is 0.423 e. The highest BCUT2D eigenvalue weighted by Crippen LogP contribution is 2.46. The van der Waals surface area contributed by atoms with Crippen molar-refractivity contribution >= 4 is 35.6 Å². The zero-order valence-corrected chi connectivity index (χ0v) is 14.3. The molecule has 2 aromatic carbocycles. The van der Waals surface area contributed by atoms with Gasteiger partial charge >= 0.3 is 5.97 Å². The normalized spacial score (nSPS) is 15.7. The highest BCUT2D eigenvalue weighted by molar-refractivity contribution is 8.16. The minimum Gasteiger partial charge on any atom is -0.423 e. The van der Waals surface area contributed by atoms with E-state index < -0.39 is 0 Å². The zero-order chi connectivity index (χ0) is 15.9. The molecule has 0 atom stereocenters. The van der Waals surface area contributed by atoms with Gasteiger partial charge in [0.25, 0.3) is 0 Å². The number of hydrogen-bond donors (Lipinski definition) is 0. The van der Waals surface area contributed by atoms with E-state index in [0.717, 1.165) is 22.6 Å². The lowest BCUT2D eigenvalue weighted by molar-refractivity contribution is -0.128. The smallest absolute Gasteiger partial charge is 0.336 e. The Hall–Kier alpha value is -1.65. The van der Waals surface area contributed by atoms with Crippen LogP contribution in [0.5, 0.6) is 5.75 Å². The van der Waals surface area contributed by atoms with Crippen molar-refractivity contribution in [1.29, 1.82) is 0 Å². The number of ether oxygens (including phenoxy) is 1. The first-order valence-electron chi connectivity index (χ1n) is 7.60. The molecule has 1 fully saturated rings. The predicted octanol–water partition coefficient (Wildman–Crippen LogP) is 5.17. The van der Waals surface area contributed by atoms with Crippen molar-refractivity contribution in [2.75, 3.05) is 11.5 Å². The Kier molecular flexibility index (Phi) is 5.83. The fraction of sp³-hybridized carbons (Fsp3) is 0.211. The van der Waals surface area contributed by atoms with Gasteiger partial charge in [-0.3, -0.25) is 0 Å². The molecule has 2 aromatic rings. The van der Waals surface area contributed by atoms with E-state index in [-0.39, 0.29) is 5.97 Å². The molecule has 0 radical (unpaired) electrons. The van der Waals surface area contributed by atoms with Crippen molar-refractivity contribution in [3.63, 3.8) is 0 Å². The van der Waals surface area contributed by atoms with Crippen LogP contribution in [-0.4, -0.2) is 17.5 Å². The van der Waals surface area contributed by atoms with Gasteiger partial charge in [0, 0.05) is 11.6 Å². The van der Waals surface area contributed by atoms with Crippen molar-refractivity contribution in [2.24, 2.45) is 0 Å². The van der Waals surface area contributed by atoms with Gasteiger partial charge in [0.1, 0.15) is 5.75 Å². The third-order valence-corrected chi connectivity index (χ3v) is 6.40. The molecule has 0 unspecified atom stereocenters. The first-order valence-corrected chi connectivity index (χ1v) is 9.70. The quantitative estimate of drug-likeness (QED) is 0.435. The molecule has 1 aliphatic rings. The predicted molar refractivity (Wildman–Crippen MR) is 99.8 cm³/mol. The van der Waals surface area contributed by atoms with Gasteiger partial charge in [-0.05, 0) is 35.6 Å². The van der Waals surface area contributed by atoms with Crippen molar-refractivity contribution in [2.45, 2.75) is 11.0 Å². The van der Waals surface area contributed by atoms with E-state index in [1.807, 2.05) is 72.1 Å². The summed E-state index contributed by atoms with van der Waals surface area (Å²) in [5.41, 5.74) is 2.08. The molecular formula is C19H18O2S2. The Labute approximate surface area is 145 Å². The molecular weight excluding hydrogens is 324 g/mol. The monoisotopic (exact) mass is 342 g/mol. The summed E-state index contributed by atoms with van der Waals surface area (Å²) < 4.78 is 5.92. The lowest BCUT2D eigenvalue weighted by Crippen LogP contribution is -2.08. The Balaban J connectivity index is 1.70. The summed E-state index contributed by atoms with van der Waals surface area (Å²) in [6, 6.07) is 17.6. The van der Waals surface area contributed by atoms with E-state index in [2.05, 4.69) is 6.07 Å². The third-order valence-electron chi connectivity index (χ3n) is 3.42. The molecule has 1 saturated heterocycles. The van der Waals surface area contributed by atoms with Crippen LogP contribution in [-0.2, 0) is 4.79 Å². The molecule has 23 heavy (non-hydrogen) atoms. The van der Waals surface area contributed by atoms with Gasteiger partial charge in [-0.25, -0.2) is 4.79 Å². The topological polar surface area (TPSA) is 26.3 Å². The third kappa shape index (κ3) is 4.66. The summed E-state index contributed by atoms with van der Waals surface area (Å²) in [6.07, 6.45) is 4.50. The van der Waals surface area contributed by atoms with E-state index >= 15 is 0 Å². The van der Waals surface area contributed by atoms with Gasteiger partial charge in [-0.2, -0.15) is 0 Å². The van der Waals surface area contributed by atoms with E-state index in [1.54, 1.807) is 6.08 Å². The SMILES string of the molecule is O=C(C=Cc1ccccc1)Oc1ccccc1C1SCCCS1. The summed E-state index contributed by atoms with van der Waals surface area (Å²) in [4.78, 5) is 12.1. The molecule has 2 nitrogen and oxygen atoms in total. The van der Waals surface area contributed by atoms with Crippen LogP contribution in [0.1, 0.15) is 22.1 Å². The molecule has 0 amide bonds. The minimum atomic E-state index is -0.341. The first-order chi connectivity index (χ1) is 11.3. The van der Waals surface area contributed by atoms with Gasteiger partial charge in [0.15, 0.2) is 0 Å². The molecule has 3 rings (SSSR count). The Bertz CT molecular complexity index is 677. The summed E-state index contributed by atoms with van der Waals surface area (Å²) in [7, 11) is 0. The van der Waals surface area contributed by atoms with E-state index in [4.69, 9.17) is 4.74 Å². The fourth-order valence-electron chi connectivity index (χ4n) is 2.31. The van der Waals surface area contributed by atoms with Crippen LogP contribution >= 0.6 is 23.5 Å². The van der Waals surface area contributed by atoms with Gasteiger partial charge in [0.2, 0.25) is 0 Å². The van der Waals surface area contributed by atoms with Crippen LogP contribution in [0, 0.1) is 0 Å². The van der Waals surface area contributed by atoms with Crippen LogP contribution in [0.2, 0.25) is 0 Å². The maximum absolute atomic E-state index is 12.1. The number of hydrogen-bond acceptors (Lipinski definition) is 4. The van der Waals surface area contributed by atoms with Crippen LogP contribution in [0.3, 0.4) is 0 Å². The van der Waals surface area contributed by atoms with Crippen molar-refractivity contribution in [1.82, 2.24) is 0 Å². The first kappa shape index (κ1) is 16.2. The maximum Gasteiger partial charge on any atom is 0.336 e. The molecule has 0 saturated carbocycles. The Morgan fingerprint density at radius 2 is 1.70 bits per heavy atom. The standard InChI is InChI=1S/C19H18O2S2/c20-18(12-11-15-7-2-1-3-8-15)21-17-10-5-4-9-16(17)19-22-13-6-14-23-19/h1-5,7-12,19H,6,13-14H2. The highest BCUT2D eigenvalue weighted by Gasteiger charge is 2.20. The minimum absolute atomic E-state index is 0.341. The van der Waals surface area contributed by atoms with Crippen molar-refractivity contribution in [3.8, 4) is 5.75 Å². The fourth-order valence-corrected chi connectivity index (χ4v) is 5.25. The summed E-state index contributed by atoms with van der Waals surface area (Å²) >= 11 is 3.84. The Morgan fingerprint density at radius 1 is 1.00 bits per heavy atom. The molecule has 1 heterocycles. The van der Waals surface area contributed by atoms with Gasteiger partial charge in [-0.1, -0.05) is 48.5 Å². The molecule has 0 aromatic heterocycles. The van der Waals surface area contributed by atoms with Gasteiger partial charge < -0.3 is 4.74 Å². The van der Waals surface area contributed by atoms with Crippen LogP contribution in [0.25, 0.3) is 6.08 Å². The number of para-hydroxylation sites is 1. The average molecular weight is 342 g/mol. The molecule has 0 bridgehead atoms. The molecule has 0 N–H and O–H groups in total. The van der Waals surface area contributed by atoms with E-state index in [1.165, 1.54) is 12.5 Å². The number of esters is 1.